The molecule has 0 atom stereocenters. The monoisotopic (exact) mass is 415 g/mol. The maximum absolute atomic E-state index is 12.3. The number of anilines is 2. The van der Waals surface area contributed by atoms with Gasteiger partial charge in [-0.05, 0) is 61.5 Å². The number of nitrogens with zero attached hydrogens (tertiary/aromatic N) is 1. The summed E-state index contributed by atoms with van der Waals surface area (Å²) >= 11 is 0. The Morgan fingerprint density at radius 2 is 1.79 bits per heavy atom. The number of aryl methyl sites for hydroxylation is 1. The number of nitrogens with one attached hydrogen (secondary N) is 2. The van der Waals surface area contributed by atoms with Gasteiger partial charge >= 0.3 is 0 Å². The lowest BCUT2D eigenvalue weighted by Crippen LogP contribution is -2.36. The van der Waals surface area contributed by atoms with Crippen LogP contribution in [0.1, 0.15) is 11.1 Å². The van der Waals surface area contributed by atoms with Crippen LogP contribution in [0, 0.1) is 6.92 Å². The first-order chi connectivity index (χ1) is 13.9. The molecule has 0 aliphatic carbocycles. The van der Waals surface area contributed by atoms with Gasteiger partial charge in [0.1, 0.15) is 0 Å². The van der Waals surface area contributed by atoms with Crippen LogP contribution in [-0.2, 0) is 19.6 Å². The number of sulfonamides is 1. The van der Waals surface area contributed by atoms with Crippen molar-refractivity contribution in [3.05, 3.63) is 59.7 Å². The minimum Gasteiger partial charge on any atom is -0.378 e. The molecule has 0 radical (unpaired) electrons. The van der Waals surface area contributed by atoms with Gasteiger partial charge in [0, 0.05) is 30.5 Å². The molecule has 1 aliphatic heterocycles. The van der Waals surface area contributed by atoms with Gasteiger partial charge in [0.25, 0.3) is 0 Å². The summed E-state index contributed by atoms with van der Waals surface area (Å²) in [6, 6.07) is 12.3. The minimum absolute atomic E-state index is 0.178. The van der Waals surface area contributed by atoms with Crippen molar-refractivity contribution in [2.75, 3.05) is 43.6 Å². The van der Waals surface area contributed by atoms with Crippen LogP contribution in [0.2, 0.25) is 0 Å². The molecule has 0 aromatic heterocycles. The van der Waals surface area contributed by atoms with Crippen molar-refractivity contribution in [1.82, 2.24) is 4.72 Å². The van der Waals surface area contributed by atoms with Crippen LogP contribution >= 0.6 is 0 Å². The van der Waals surface area contributed by atoms with Crippen molar-refractivity contribution in [2.24, 2.45) is 0 Å². The van der Waals surface area contributed by atoms with Gasteiger partial charge in [-0.15, -0.1) is 0 Å². The third-order valence-electron chi connectivity index (χ3n) is 4.73. The molecular formula is C21H25N3O4S. The van der Waals surface area contributed by atoms with Crippen molar-refractivity contribution in [3.63, 3.8) is 0 Å². The average molecular weight is 416 g/mol. The van der Waals surface area contributed by atoms with Crippen LogP contribution < -0.4 is 14.9 Å². The summed E-state index contributed by atoms with van der Waals surface area (Å²) in [5.74, 6) is -0.251. The van der Waals surface area contributed by atoms with E-state index in [-0.39, 0.29) is 10.8 Å². The lowest BCUT2D eigenvalue weighted by molar-refractivity contribution is -0.111. The zero-order valence-corrected chi connectivity index (χ0v) is 17.3. The zero-order valence-electron chi connectivity index (χ0n) is 16.5. The second-order valence-electron chi connectivity index (χ2n) is 6.70. The first kappa shape index (κ1) is 21.0. The Kier molecular flexibility index (Phi) is 6.68. The van der Waals surface area contributed by atoms with E-state index >= 15 is 0 Å². The standard InChI is InChI=1S/C21H25N3O4S/c1-16-15-18(24-11-13-28-14-12-24)6-9-20(16)23-21(25)10-5-17-3-7-19(8-4-17)29(26,27)22-2/h3-10,15,22H,11-14H2,1-2H3,(H,23,25)/b10-5+. The van der Waals surface area contributed by atoms with E-state index in [9.17, 15) is 13.2 Å². The quantitative estimate of drug-likeness (QED) is 0.708. The molecule has 0 saturated carbocycles. The average Bonchev–Trinajstić information content (AvgIpc) is 2.74. The number of morpholine rings is 1. The van der Waals surface area contributed by atoms with E-state index in [0.717, 1.165) is 48.8 Å². The van der Waals surface area contributed by atoms with Crippen molar-refractivity contribution >= 4 is 33.4 Å². The molecule has 1 aliphatic rings. The Bertz CT molecular complexity index is 995. The van der Waals surface area contributed by atoms with Crippen LogP contribution in [0.5, 0.6) is 0 Å². The summed E-state index contributed by atoms with van der Waals surface area (Å²) in [5.41, 5.74) is 3.59. The van der Waals surface area contributed by atoms with E-state index in [4.69, 9.17) is 4.74 Å². The van der Waals surface area contributed by atoms with E-state index in [1.54, 1.807) is 18.2 Å². The smallest absolute Gasteiger partial charge is 0.248 e. The summed E-state index contributed by atoms with van der Waals surface area (Å²) in [6.07, 6.45) is 3.07. The van der Waals surface area contributed by atoms with Crippen LogP contribution in [0.15, 0.2) is 53.4 Å². The molecule has 0 spiro atoms. The van der Waals surface area contributed by atoms with Gasteiger partial charge in [-0.3, -0.25) is 4.79 Å². The topological polar surface area (TPSA) is 87.7 Å². The third kappa shape index (κ3) is 5.44. The summed E-state index contributed by atoms with van der Waals surface area (Å²) in [7, 11) is -2.10. The molecule has 7 nitrogen and oxygen atoms in total. The number of hydrogen-bond donors (Lipinski definition) is 2. The zero-order chi connectivity index (χ0) is 20.9. The lowest BCUT2D eigenvalue weighted by atomic mass is 10.1. The fraction of sp³-hybridized carbons (Fsp3) is 0.286. The van der Waals surface area contributed by atoms with E-state index in [2.05, 4.69) is 21.0 Å². The Hall–Kier alpha value is -2.68. The Balaban J connectivity index is 1.63. The van der Waals surface area contributed by atoms with Gasteiger partial charge in [0.15, 0.2) is 0 Å². The van der Waals surface area contributed by atoms with Crippen molar-refractivity contribution in [2.45, 2.75) is 11.8 Å². The highest BCUT2D eigenvalue weighted by Crippen LogP contribution is 2.23. The van der Waals surface area contributed by atoms with E-state index < -0.39 is 10.0 Å². The van der Waals surface area contributed by atoms with Gasteiger partial charge in [-0.1, -0.05) is 12.1 Å². The second kappa shape index (κ2) is 9.21. The van der Waals surface area contributed by atoms with Gasteiger partial charge in [0.2, 0.25) is 15.9 Å². The largest absolute Gasteiger partial charge is 0.378 e. The van der Waals surface area contributed by atoms with Crippen LogP contribution in [0.25, 0.3) is 6.08 Å². The van der Waals surface area contributed by atoms with Gasteiger partial charge in [0.05, 0.1) is 18.1 Å². The molecule has 154 valence electrons. The van der Waals surface area contributed by atoms with E-state index in [0.29, 0.717) is 0 Å². The molecule has 29 heavy (non-hydrogen) atoms. The molecule has 1 heterocycles. The lowest BCUT2D eigenvalue weighted by Gasteiger charge is -2.29. The molecule has 8 heteroatoms. The number of rotatable bonds is 6. The Morgan fingerprint density at radius 1 is 1.10 bits per heavy atom. The SMILES string of the molecule is CNS(=O)(=O)c1ccc(/C=C/C(=O)Nc2ccc(N3CCOCC3)cc2C)cc1. The second-order valence-corrected chi connectivity index (χ2v) is 8.58. The molecule has 0 bridgehead atoms. The minimum atomic E-state index is -3.47. The predicted molar refractivity (Wildman–Crippen MR) is 115 cm³/mol. The maximum atomic E-state index is 12.3. The molecule has 3 rings (SSSR count). The number of hydrogen-bond acceptors (Lipinski definition) is 5. The first-order valence-electron chi connectivity index (χ1n) is 9.35. The normalized spacial score (nSPS) is 14.9. The van der Waals surface area contributed by atoms with Crippen LogP contribution in [0.4, 0.5) is 11.4 Å². The number of carbonyl (C=O) groups is 1. The highest BCUT2D eigenvalue weighted by Gasteiger charge is 2.13. The molecule has 0 unspecified atom stereocenters. The van der Waals surface area contributed by atoms with Gasteiger partial charge in [-0.2, -0.15) is 0 Å². The molecule has 2 aromatic carbocycles. The van der Waals surface area contributed by atoms with E-state index in [1.165, 1.54) is 25.3 Å². The number of benzene rings is 2. The molecule has 2 aromatic rings. The molecule has 2 N–H and O–H groups in total. The van der Waals surface area contributed by atoms with Crippen LogP contribution in [0.3, 0.4) is 0 Å². The molecular weight excluding hydrogens is 390 g/mol. The van der Waals surface area contributed by atoms with Crippen molar-refractivity contribution < 1.29 is 17.9 Å². The Labute approximate surface area is 171 Å². The van der Waals surface area contributed by atoms with Gasteiger partial charge in [-0.25, -0.2) is 13.1 Å². The number of ether oxygens (including phenoxy) is 1. The van der Waals surface area contributed by atoms with Gasteiger partial charge < -0.3 is 15.0 Å². The van der Waals surface area contributed by atoms with Crippen molar-refractivity contribution in [1.29, 1.82) is 0 Å². The first-order valence-corrected chi connectivity index (χ1v) is 10.8. The molecule has 1 fully saturated rings. The van der Waals surface area contributed by atoms with Crippen molar-refractivity contribution in [3.8, 4) is 0 Å². The molecule has 1 saturated heterocycles. The maximum Gasteiger partial charge on any atom is 0.248 e. The molecule has 1 amide bonds. The predicted octanol–water partition coefficient (Wildman–Crippen LogP) is 2.39. The summed E-state index contributed by atoms with van der Waals surface area (Å²) in [5, 5.41) is 2.88. The number of amides is 1. The highest BCUT2D eigenvalue weighted by molar-refractivity contribution is 7.89. The number of carbonyl (C=O) groups excluding carboxylic acids is 1. The fourth-order valence-electron chi connectivity index (χ4n) is 3.03. The summed E-state index contributed by atoms with van der Waals surface area (Å²) in [6.45, 7) is 5.14. The summed E-state index contributed by atoms with van der Waals surface area (Å²) in [4.78, 5) is 14.7. The summed E-state index contributed by atoms with van der Waals surface area (Å²) < 4.78 is 31.1. The van der Waals surface area contributed by atoms with Crippen LogP contribution in [-0.4, -0.2) is 47.7 Å². The van der Waals surface area contributed by atoms with E-state index in [1.807, 2.05) is 19.1 Å². The fourth-order valence-corrected chi connectivity index (χ4v) is 3.76. The third-order valence-corrected chi connectivity index (χ3v) is 6.16. The highest BCUT2D eigenvalue weighted by atomic mass is 32.2. The Morgan fingerprint density at radius 3 is 2.41 bits per heavy atom.